The molecule has 0 aliphatic carbocycles. The first-order chi connectivity index (χ1) is 16.0. The summed E-state index contributed by atoms with van der Waals surface area (Å²) in [6, 6.07) is 5.15. The Morgan fingerprint density at radius 3 is 2.00 bits per heavy atom. The van der Waals surface area contributed by atoms with Crippen LogP contribution in [0.4, 0.5) is 27.1 Å². The van der Waals surface area contributed by atoms with Crippen molar-refractivity contribution in [1.29, 1.82) is 0 Å². The van der Waals surface area contributed by atoms with E-state index < -0.39 is 49.1 Å². The second kappa shape index (κ2) is 9.60. The van der Waals surface area contributed by atoms with Crippen LogP contribution in [0.25, 0.3) is 0 Å². The van der Waals surface area contributed by atoms with Gasteiger partial charge in [0.1, 0.15) is 4.90 Å². The first-order valence-electron chi connectivity index (χ1n) is 9.88. The van der Waals surface area contributed by atoms with Gasteiger partial charge in [-0.2, -0.15) is 0 Å². The number of hydrogen-bond acceptors (Lipinski definition) is 5. The van der Waals surface area contributed by atoms with Gasteiger partial charge in [0.2, 0.25) is 5.82 Å². The molecule has 1 saturated heterocycles. The molecule has 0 bridgehead atoms. The average molecular weight is 557 g/mol. The van der Waals surface area contributed by atoms with Gasteiger partial charge in [-0.1, -0.05) is 23.2 Å². The molecule has 1 aliphatic heterocycles. The van der Waals surface area contributed by atoms with E-state index in [4.69, 9.17) is 23.2 Å². The van der Waals surface area contributed by atoms with E-state index >= 15 is 0 Å². The first kappa shape index (κ1) is 25.2. The molecular weight excluding hydrogens is 542 g/mol. The highest BCUT2D eigenvalue weighted by Crippen LogP contribution is 2.34. The maximum atomic E-state index is 14.1. The second-order valence-corrected chi connectivity index (χ2v) is 11.6. The Morgan fingerprint density at radius 1 is 0.912 bits per heavy atom. The topological polar surface area (TPSA) is 50.3 Å². The van der Waals surface area contributed by atoms with Crippen LogP contribution in [0.3, 0.4) is 0 Å². The molecule has 1 fully saturated rings. The number of rotatable bonds is 5. The second-order valence-electron chi connectivity index (χ2n) is 7.71. The summed E-state index contributed by atoms with van der Waals surface area (Å²) in [7, 11) is -4.80. The summed E-state index contributed by atoms with van der Waals surface area (Å²) in [5.41, 5.74) is 1.61. The predicted octanol–water partition coefficient (Wildman–Crippen LogP) is 6.18. The van der Waals surface area contributed by atoms with E-state index in [2.05, 4.69) is 4.98 Å². The number of hydrogen-bond donors (Lipinski definition) is 0. The van der Waals surface area contributed by atoms with E-state index in [-0.39, 0.29) is 25.9 Å². The smallest absolute Gasteiger partial charge is 0.200 e. The minimum absolute atomic E-state index is 0.0688. The monoisotopic (exact) mass is 556 g/mol. The summed E-state index contributed by atoms with van der Waals surface area (Å²) in [6.45, 7) is 0.352. The van der Waals surface area contributed by atoms with Crippen molar-refractivity contribution >= 4 is 49.5 Å². The van der Waals surface area contributed by atoms with Crippen LogP contribution in [-0.4, -0.2) is 31.7 Å². The number of anilines is 1. The fourth-order valence-corrected chi connectivity index (χ4v) is 7.10. The lowest BCUT2D eigenvalue weighted by Gasteiger charge is -2.31. The molecule has 0 spiro atoms. The van der Waals surface area contributed by atoms with Crippen LogP contribution in [0, 0.1) is 29.1 Å². The van der Waals surface area contributed by atoms with E-state index in [1.54, 1.807) is 18.2 Å². The van der Waals surface area contributed by atoms with E-state index in [0.717, 1.165) is 11.3 Å². The Balaban J connectivity index is 1.48. The molecule has 4 rings (SSSR count). The standard InChI is InChI=1S/C21H15Cl2F5N2O2S2/c22-11-5-10(6-12(23)8-11)7-13-9-33-21(29-13)30-3-1-14(2-4-30)34(31,32)20-18(27)16(25)15(24)17(26)19(20)28/h5-6,8-9,14H,1-4,7H2. The van der Waals surface area contributed by atoms with Gasteiger partial charge in [0.05, 0.1) is 10.9 Å². The molecule has 0 radical (unpaired) electrons. The lowest BCUT2D eigenvalue weighted by atomic mass is 10.1. The Bertz CT molecular complexity index is 1310. The van der Waals surface area contributed by atoms with Crippen LogP contribution in [0.5, 0.6) is 0 Å². The van der Waals surface area contributed by atoms with E-state index in [9.17, 15) is 30.4 Å². The molecule has 0 unspecified atom stereocenters. The van der Waals surface area contributed by atoms with Crippen LogP contribution < -0.4 is 4.90 Å². The third kappa shape index (κ3) is 4.75. The SMILES string of the molecule is O=S(=O)(c1c(F)c(F)c(F)c(F)c1F)C1CCN(c2nc(Cc3cc(Cl)cc(Cl)c3)cs2)CC1. The Labute approximate surface area is 205 Å². The lowest BCUT2D eigenvalue weighted by molar-refractivity contribution is 0.356. The third-order valence-electron chi connectivity index (χ3n) is 5.45. The molecule has 1 aromatic heterocycles. The number of sulfone groups is 1. The van der Waals surface area contributed by atoms with Crippen molar-refractivity contribution in [3.63, 3.8) is 0 Å². The number of piperidine rings is 1. The third-order valence-corrected chi connectivity index (χ3v) is 9.12. The highest BCUT2D eigenvalue weighted by molar-refractivity contribution is 7.92. The van der Waals surface area contributed by atoms with Crippen LogP contribution in [0.15, 0.2) is 28.5 Å². The van der Waals surface area contributed by atoms with Crippen molar-refractivity contribution in [2.75, 3.05) is 18.0 Å². The van der Waals surface area contributed by atoms with Crippen molar-refractivity contribution < 1.29 is 30.4 Å². The summed E-state index contributed by atoms with van der Waals surface area (Å²) >= 11 is 13.4. The Morgan fingerprint density at radius 2 is 1.44 bits per heavy atom. The highest BCUT2D eigenvalue weighted by atomic mass is 35.5. The van der Waals surface area contributed by atoms with Gasteiger partial charge in [-0.05, 0) is 36.6 Å². The lowest BCUT2D eigenvalue weighted by Crippen LogP contribution is -2.40. The first-order valence-corrected chi connectivity index (χ1v) is 13.1. The summed E-state index contributed by atoms with van der Waals surface area (Å²) in [6.07, 6.45) is 0.336. The average Bonchev–Trinajstić information content (AvgIpc) is 3.24. The van der Waals surface area contributed by atoms with Crippen LogP contribution in [-0.2, 0) is 16.3 Å². The zero-order valence-corrected chi connectivity index (χ0v) is 20.2. The van der Waals surface area contributed by atoms with Gasteiger partial charge in [-0.3, -0.25) is 0 Å². The molecule has 3 aromatic rings. The number of benzene rings is 2. The van der Waals surface area contributed by atoms with Crippen molar-refractivity contribution in [3.8, 4) is 0 Å². The predicted molar refractivity (Wildman–Crippen MR) is 120 cm³/mol. The summed E-state index contributed by atoms with van der Waals surface area (Å²) in [4.78, 5) is 4.57. The molecule has 182 valence electrons. The highest BCUT2D eigenvalue weighted by Gasteiger charge is 2.39. The van der Waals surface area contributed by atoms with Gasteiger partial charge < -0.3 is 4.90 Å². The quantitative estimate of drug-likeness (QED) is 0.163. The minimum atomic E-state index is -4.80. The van der Waals surface area contributed by atoms with Gasteiger partial charge in [0.15, 0.2) is 38.2 Å². The van der Waals surface area contributed by atoms with Gasteiger partial charge in [0, 0.05) is 34.9 Å². The molecule has 4 nitrogen and oxygen atoms in total. The van der Waals surface area contributed by atoms with Crippen molar-refractivity contribution in [1.82, 2.24) is 4.98 Å². The van der Waals surface area contributed by atoms with Gasteiger partial charge >= 0.3 is 0 Å². The van der Waals surface area contributed by atoms with Crippen molar-refractivity contribution in [3.05, 3.63) is 74.0 Å². The normalized spacial score (nSPS) is 15.2. The molecule has 0 N–H and O–H groups in total. The molecule has 34 heavy (non-hydrogen) atoms. The molecular formula is C21H15Cl2F5N2O2S2. The fourth-order valence-electron chi connectivity index (χ4n) is 3.80. The molecule has 0 amide bonds. The molecule has 1 aliphatic rings. The molecule has 2 heterocycles. The van der Waals surface area contributed by atoms with E-state index in [1.165, 1.54) is 11.3 Å². The Kier molecular flexibility index (Phi) is 7.10. The number of halogens is 7. The van der Waals surface area contributed by atoms with Gasteiger partial charge in [-0.25, -0.2) is 35.4 Å². The molecule has 0 atom stereocenters. The molecule has 0 saturated carbocycles. The number of thiazole rings is 1. The largest absolute Gasteiger partial charge is 0.348 e. The van der Waals surface area contributed by atoms with Crippen molar-refractivity contribution in [2.45, 2.75) is 29.4 Å². The van der Waals surface area contributed by atoms with Crippen molar-refractivity contribution in [2.24, 2.45) is 0 Å². The Hall–Kier alpha value is -1.95. The summed E-state index contributed by atoms with van der Waals surface area (Å²) < 4.78 is 94.1. The minimum Gasteiger partial charge on any atom is -0.348 e. The molecule has 13 heteroatoms. The van der Waals surface area contributed by atoms with Gasteiger partial charge in [0.25, 0.3) is 0 Å². The van der Waals surface area contributed by atoms with Crippen LogP contribution in [0.2, 0.25) is 10.0 Å². The zero-order valence-electron chi connectivity index (χ0n) is 17.1. The molecule has 2 aromatic carbocycles. The summed E-state index contributed by atoms with van der Waals surface area (Å²) in [5, 5.41) is 2.15. The zero-order chi connectivity index (χ0) is 24.8. The maximum Gasteiger partial charge on any atom is 0.200 e. The number of nitrogens with zero attached hydrogens (tertiary/aromatic N) is 2. The van der Waals surface area contributed by atoms with Crippen LogP contribution >= 0.6 is 34.5 Å². The van der Waals surface area contributed by atoms with E-state index in [1.807, 2.05) is 10.3 Å². The van der Waals surface area contributed by atoms with Gasteiger partial charge in [-0.15, -0.1) is 11.3 Å². The van der Waals surface area contributed by atoms with Crippen LogP contribution in [0.1, 0.15) is 24.1 Å². The van der Waals surface area contributed by atoms with E-state index in [0.29, 0.717) is 21.6 Å². The number of aromatic nitrogens is 1. The fraction of sp³-hybridized carbons (Fsp3) is 0.286. The maximum absolute atomic E-state index is 14.1. The summed E-state index contributed by atoms with van der Waals surface area (Å²) in [5.74, 6) is -11.7.